The smallest absolute Gasteiger partial charge is 0.326 e. The maximum absolute atomic E-state index is 12.4. The van der Waals surface area contributed by atoms with Crippen molar-refractivity contribution in [3.63, 3.8) is 0 Å². The minimum Gasteiger partial charge on any atom is -0.481 e. The van der Waals surface area contributed by atoms with E-state index in [-0.39, 0.29) is 17.6 Å². The number of imidazole rings is 1. The SMILES string of the molecule is O=c1[nH]c2cnc3[nH]ccc3c2n1[C@H]1CC[C@H](C(=O)O)CC1. The first-order valence-electron chi connectivity index (χ1n) is 7.44. The van der Waals surface area contributed by atoms with Crippen LogP contribution in [0.25, 0.3) is 22.1 Å². The summed E-state index contributed by atoms with van der Waals surface area (Å²) in [5.74, 6) is -1.02. The number of aliphatic carboxylic acids is 1. The number of hydrogen-bond acceptors (Lipinski definition) is 3. The normalized spacial score (nSPS) is 22.4. The van der Waals surface area contributed by atoms with E-state index in [2.05, 4.69) is 15.0 Å². The largest absolute Gasteiger partial charge is 0.481 e. The summed E-state index contributed by atoms with van der Waals surface area (Å²) in [7, 11) is 0. The van der Waals surface area contributed by atoms with Gasteiger partial charge in [0.15, 0.2) is 0 Å². The number of nitrogens with one attached hydrogen (secondary N) is 2. The van der Waals surface area contributed by atoms with Gasteiger partial charge >= 0.3 is 11.7 Å². The van der Waals surface area contributed by atoms with E-state index in [1.807, 2.05) is 6.07 Å². The number of aromatic amines is 2. The average molecular weight is 300 g/mol. The fraction of sp³-hybridized carbons (Fsp3) is 0.400. The average Bonchev–Trinajstić information content (AvgIpc) is 3.10. The number of hydrogen-bond donors (Lipinski definition) is 3. The number of carbonyl (C=O) groups is 1. The van der Waals surface area contributed by atoms with Gasteiger partial charge in [0.05, 0.1) is 23.1 Å². The van der Waals surface area contributed by atoms with Crippen molar-refractivity contribution in [2.45, 2.75) is 31.7 Å². The van der Waals surface area contributed by atoms with Crippen molar-refractivity contribution in [2.24, 2.45) is 5.92 Å². The first-order valence-corrected chi connectivity index (χ1v) is 7.44. The summed E-state index contributed by atoms with van der Waals surface area (Å²) < 4.78 is 1.78. The lowest BCUT2D eigenvalue weighted by molar-refractivity contribution is -0.143. The van der Waals surface area contributed by atoms with Gasteiger partial charge in [-0.25, -0.2) is 9.78 Å². The molecule has 3 heterocycles. The highest BCUT2D eigenvalue weighted by Gasteiger charge is 2.29. The highest BCUT2D eigenvalue weighted by Crippen LogP contribution is 2.34. The quantitative estimate of drug-likeness (QED) is 0.673. The molecule has 1 aliphatic carbocycles. The molecular formula is C15H16N4O3. The molecule has 0 unspecified atom stereocenters. The van der Waals surface area contributed by atoms with Gasteiger partial charge in [0.25, 0.3) is 0 Å². The minimum atomic E-state index is -0.734. The van der Waals surface area contributed by atoms with Crippen molar-refractivity contribution >= 4 is 28.0 Å². The van der Waals surface area contributed by atoms with Gasteiger partial charge in [0.2, 0.25) is 0 Å². The minimum absolute atomic E-state index is 0.0392. The van der Waals surface area contributed by atoms with Crippen LogP contribution in [0.15, 0.2) is 23.3 Å². The predicted octanol–water partition coefficient (Wildman–Crippen LogP) is 2.02. The monoisotopic (exact) mass is 300 g/mol. The fourth-order valence-corrected chi connectivity index (χ4v) is 3.55. The summed E-state index contributed by atoms with van der Waals surface area (Å²) in [5.41, 5.74) is 2.18. The number of carboxylic acid groups (broad SMARTS) is 1. The second-order valence-electron chi connectivity index (χ2n) is 5.90. The van der Waals surface area contributed by atoms with Crippen molar-refractivity contribution in [1.82, 2.24) is 19.5 Å². The zero-order valence-electron chi connectivity index (χ0n) is 11.9. The van der Waals surface area contributed by atoms with Crippen LogP contribution in [-0.2, 0) is 4.79 Å². The molecule has 0 radical (unpaired) electrons. The van der Waals surface area contributed by atoms with Gasteiger partial charge in [-0.05, 0) is 31.7 Å². The summed E-state index contributed by atoms with van der Waals surface area (Å²) >= 11 is 0. The van der Waals surface area contributed by atoms with Crippen LogP contribution in [0, 0.1) is 5.92 Å². The first kappa shape index (κ1) is 13.1. The highest BCUT2D eigenvalue weighted by molar-refractivity contribution is 6.00. The molecule has 0 spiro atoms. The molecule has 1 aliphatic rings. The Morgan fingerprint density at radius 1 is 1.32 bits per heavy atom. The molecule has 3 aromatic rings. The summed E-state index contributed by atoms with van der Waals surface area (Å²) in [6.45, 7) is 0. The van der Waals surface area contributed by atoms with Gasteiger partial charge < -0.3 is 15.1 Å². The van der Waals surface area contributed by atoms with Crippen LogP contribution in [0.2, 0.25) is 0 Å². The van der Waals surface area contributed by atoms with E-state index in [9.17, 15) is 9.59 Å². The van der Waals surface area contributed by atoms with Gasteiger partial charge in [0, 0.05) is 17.6 Å². The van der Waals surface area contributed by atoms with Crippen LogP contribution in [0.1, 0.15) is 31.7 Å². The van der Waals surface area contributed by atoms with Crippen molar-refractivity contribution in [1.29, 1.82) is 0 Å². The third-order valence-corrected chi connectivity index (χ3v) is 4.67. The van der Waals surface area contributed by atoms with Crippen LogP contribution < -0.4 is 5.69 Å². The van der Waals surface area contributed by atoms with E-state index in [0.717, 1.165) is 22.1 Å². The molecule has 22 heavy (non-hydrogen) atoms. The molecule has 1 fully saturated rings. The van der Waals surface area contributed by atoms with Crippen molar-refractivity contribution < 1.29 is 9.90 Å². The molecule has 0 amide bonds. The zero-order chi connectivity index (χ0) is 15.3. The molecule has 0 saturated heterocycles. The third-order valence-electron chi connectivity index (χ3n) is 4.67. The highest BCUT2D eigenvalue weighted by atomic mass is 16.4. The van der Waals surface area contributed by atoms with Gasteiger partial charge in [-0.2, -0.15) is 0 Å². The van der Waals surface area contributed by atoms with Gasteiger partial charge in [-0.3, -0.25) is 9.36 Å². The Balaban J connectivity index is 1.82. The van der Waals surface area contributed by atoms with E-state index in [0.29, 0.717) is 25.7 Å². The molecule has 3 N–H and O–H groups in total. The Bertz CT molecular complexity index is 912. The van der Waals surface area contributed by atoms with Crippen LogP contribution >= 0.6 is 0 Å². The number of nitrogens with zero attached hydrogens (tertiary/aromatic N) is 2. The Hall–Kier alpha value is -2.57. The maximum Gasteiger partial charge on any atom is 0.326 e. The third kappa shape index (κ3) is 1.85. The lowest BCUT2D eigenvalue weighted by atomic mass is 9.86. The van der Waals surface area contributed by atoms with Crippen molar-refractivity contribution in [2.75, 3.05) is 0 Å². The number of carboxylic acids is 1. The number of rotatable bonds is 2. The number of pyridine rings is 1. The molecule has 0 bridgehead atoms. The molecule has 7 heteroatoms. The molecule has 0 atom stereocenters. The summed E-state index contributed by atoms with van der Waals surface area (Å²) in [6.07, 6.45) is 6.10. The predicted molar refractivity (Wildman–Crippen MR) is 80.8 cm³/mol. The molecule has 0 aliphatic heterocycles. The molecule has 1 saturated carbocycles. The molecular weight excluding hydrogens is 284 g/mol. The number of aromatic nitrogens is 4. The molecule has 114 valence electrons. The Kier molecular flexibility index (Phi) is 2.82. The first-order chi connectivity index (χ1) is 10.6. The van der Waals surface area contributed by atoms with Gasteiger partial charge in [-0.15, -0.1) is 0 Å². The van der Waals surface area contributed by atoms with Crippen LogP contribution in [-0.4, -0.2) is 30.6 Å². The van der Waals surface area contributed by atoms with E-state index < -0.39 is 5.97 Å². The Morgan fingerprint density at radius 3 is 2.82 bits per heavy atom. The lowest BCUT2D eigenvalue weighted by Gasteiger charge is -2.27. The van der Waals surface area contributed by atoms with E-state index in [1.165, 1.54) is 0 Å². The topological polar surface area (TPSA) is 104 Å². The van der Waals surface area contributed by atoms with Crippen LogP contribution in [0.5, 0.6) is 0 Å². The van der Waals surface area contributed by atoms with Crippen molar-refractivity contribution in [3.05, 3.63) is 28.9 Å². The molecule has 0 aromatic carbocycles. The Morgan fingerprint density at radius 2 is 2.09 bits per heavy atom. The number of H-pyrrole nitrogens is 2. The van der Waals surface area contributed by atoms with Crippen molar-refractivity contribution in [3.8, 4) is 0 Å². The van der Waals surface area contributed by atoms with E-state index >= 15 is 0 Å². The lowest BCUT2D eigenvalue weighted by Crippen LogP contribution is -2.28. The number of fused-ring (bicyclic) bond motifs is 3. The summed E-state index contributed by atoms with van der Waals surface area (Å²) in [6, 6.07) is 1.95. The van der Waals surface area contributed by atoms with E-state index in [1.54, 1.807) is 17.0 Å². The second kappa shape index (κ2) is 4.72. The maximum atomic E-state index is 12.4. The Labute approximate surface area is 125 Å². The second-order valence-corrected chi connectivity index (χ2v) is 5.90. The standard InChI is InChI=1S/C15H16N4O3/c20-14(21)8-1-3-9(4-2-8)19-12-10-5-6-16-13(10)17-7-11(12)18-15(19)22/h5-9H,1-4H2,(H,16,17)(H,18,22)(H,20,21)/t8-,9-. The molecule has 7 nitrogen and oxygen atoms in total. The van der Waals surface area contributed by atoms with Crippen LogP contribution in [0.4, 0.5) is 0 Å². The molecule has 3 aromatic heterocycles. The summed E-state index contributed by atoms with van der Waals surface area (Å²) in [5, 5.41) is 10.0. The molecule has 4 rings (SSSR count). The zero-order valence-corrected chi connectivity index (χ0v) is 11.9. The van der Waals surface area contributed by atoms with E-state index in [4.69, 9.17) is 5.11 Å². The summed E-state index contributed by atoms with van der Waals surface area (Å²) in [4.78, 5) is 33.6. The van der Waals surface area contributed by atoms with Crippen LogP contribution in [0.3, 0.4) is 0 Å². The van der Waals surface area contributed by atoms with Gasteiger partial charge in [0.1, 0.15) is 5.65 Å². The van der Waals surface area contributed by atoms with Gasteiger partial charge in [-0.1, -0.05) is 0 Å². The fourth-order valence-electron chi connectivity index (χ4n) is 3.55.